The minimum Gasteiger partial charge on any atom is -0.347 e. The van der Waals surface area contributed by atoms with Crippen molar-refractivity contribution in [1.29, 1.82) is 0 Å². The van der Waals surface area contributed by atoms with Crippen LogP contribution in [0.15, 0.2) is 10.9 Å². The van der Waals surface area contributed by atoms with Crippen LogP contribution in [0, 0.1) is 0 Å². The SMILES string of the molecule is NC1(C(=O)NCc2ncon2)CC1. The molecule has 6 nitrogen and oxygen atoms in total. The van der Waals surface area contributed by atoms with E-state index in [9.17, 15) is 4.79 Å². The quantitative estimate of drug-likeness (QED) is 0.636. The fourth-order valence-electron chi connectivity index (χ4n) is 0.967. The van der Waals surface area contributed by atoms with Crippen molar-refractivity contribution in [3.63, 3.8) is 0 Å². The monoisotopic (exact) mass is 182 g/mol. The van der Waals surface area contributed by atoms with E-state index < -0.39 is 5.54 Å². The molecule has 3 N–H and O–H groups in total. The van der Waals surface area contributed by atoms with Gasteiger partial charge < -0.3 is 15.6 Å². The number of carbonyl (C=O) groups is 1. The average molecular weight is 182 g/mol. The second-order valence-corrected chi connectivity index (χ2v) is 3.19. The summed E-state index contributed by atoms with van der Waals surface area (Å²) in [5.41, 5.74) is 5.02. The number of hydrogen-bond acceptors (Lipinski definition) is 5. The van der Waals surface area contributed by atoms with E-state index in [1.807, 2.05) is 0 Å². The van der Waals surface area contributed by atoms with E-state index in [0.29, 0.717) is 5.82 Å². The van der Waals surface area contributed by atoms with Crippen molar-refractivity contribution >= 4 is 5.91 Å². The van der Waals surface area contributed by atoms with Crippen molar-refractivity contribution in [1.82, 2.24) is 15.5 Å². The third-order valence-corrected chi connectivity index (χ3v) is 2.05. The van der Waals surface area contributed by atoms with E-state index >= 15 is 0 Å². The third-order valence-electron chi connectivity index (χ3n) is 2.05. The zero-order valence-electron chi connectivity index (χ0n) is 6.99. The second kappa shape index (κ2) is 2.81. The first-order chi connectivity index (χ1) is 6.21. The molecule has 0 bridgehead atoms. The fourth-order valence-corrected chi connectivity index (χ4v) is 0.967. The standard InChI is InChI=1S/C7H10N4O2/c8-7(1-2-7)6(12)9-3-5-10-4-13-11-5/h4H,1-3,8H2,(H,9,12). The Labute approximate surface area is 74.5 Å². The Balaban J connectivity index is 1.83. The maximum absolute atomic E-state index is 11.3. The van der Waals surface area contributed by atoms with E-state index in [0.717, 1.165) is 12.8 Å². The molecule has 0 aliphatic heterocycles. The lowest BCUT2D eigenvalue weighted by molar-refractivity contribution is -0.123. The Morgan fingerprint density at radius 2 is 2.54 bits per heavy atom. The van der Waals surface area contributed by atoms with Gasteiger partial charge in [-0.3, -0.25) is 4.79 Å². The van der Waals surface area contributed by atoms with Crippen molar-refractivity contribution < 1.29 is 9.32 Å². The Bertz CT molecular complexity index is 304. The van der Waals surface area contributed by atoms with Gasteiger partial charge in [-0.25, -0.2) is 0 Å². The number of aromatic nitrogens is 2. The molecule has 6 heteroatoms. The summed E-state index contributed by atoms with van der Waals surface area (Å²) in [6, 6.07) is 0. The van der Waals surface area contributed by atoms with Crippen LogP contribution in [0.5, 0.6) is 0 Å². The average Bonchev–Trinajstić information content (AvgIpc) is 2.70. The number of nitrogens with one attached hydrogen (secondary N) is 1. The molecule has 2 rings (SSSR count). The molecule has 1 fully saturated rings. The van der Waals surface area contributed by atoms with E-state index in [-0.39, 0.29) is 12.5 Å². The lowest BCUT2D eigenvalue weighted by Gasteiger charge is -2.07. The minimum absolute atomic E-state index is 0.141. The van der Waals surface area contributed by atoms with Gasteiger partial charge in [0.05, 0.1) is 12.1 Å². The predicted octanol–water partition coefficient (Wildman–Crippen LogP) is -0.823. The molecule has 13 heavy (non-hydrogen) atoms. The van der Waals surface area contributed by atoms with Gasteiger partial charge >= 0.3 is 0 Å². The van der Waals surface area contributed by atoms with Crippen molar-refractivity contribution in [3.8, 4) is 0 Å². The first kappa shape index (κ1) is 8.18. The van der Waals surface area contributed by atoms with Gasteiger partial charge in [0.1, 0.15) is 0 Å². The van der Waals surface area contributed by atoms with Gasteiger partial charge in [0.2, 0.25) is 12.3 Å². The lowest BCUT2D eigenvalue weighted by Crippen LogP contribution is -2.42. The summed E-state index contributed by atoms with van der Waals surface area (Å²) in [6.07, 6.45) is 2.73. The molecule has 0 atom stereocenters. The van der Waals surface area contributed by atoms with Crippen LogP contribution >= 0.6 is 0 Å². The largest absolute Gasteiger partial charge is 0.347 e. The number of carbonyl (C=O) groups excluding carboxylic acids is 1. The van der Waals surface area contributed by atoms with E-state index in [1.165, 1.54) is 6.39 Å². The molecule has 1 aliphatic carbocycles. The van der Waals surface area contributed by atoms with Crippen LogP contribution in [0.25, 0.3) is 0 Å². The smallest absolute Gasteiger partial charge is 0.240 e. The molecule has 0 spiro atoms. The number of nitrogens with two attached hydrogens (primary N) is 1. The maximum Gasteiger partial charge on any atom is 0.240 e. The topological polar surface area (TPSA) is 94.0 Å². The fraction of sp³-hybridized carbons (Fsp3) is 0.571. The first-order valence-corrected chi connectivity index (χ1v) is 4.03. The molecule has 1 heterocycles. The van der Waals surface area contributed by atoms with Crippen LogP contribution < -0.4 is 11.1 Å². The van der Waals surface area contributed by atoms with Gasteiger partial charge in [-0.05, 0) is 12.8 Å². The molecule has 1 aromatic rings. The van der Waals surface area contributed by atoms with Crippen LogP contribution in [-0.4, -0.2) is 21.6 Å². The van der Waals surface area contributed by atoms with E-state index in [4.69, 9.17) is 5.73 Å². The highest BCUT2D eigenvalue weighted by Crippen LogP contribution is 2.32. The van der Waals surface area contributed by atoms with E-state index in [1.54, 1.807) is 0 Å². The van der Waals surface area contributed by atoms with Gasteiger partial charge in [0.25, 0.3) is 0 Å². The lowest BCUT2D eigenvalue weighted by atomic mass is 10.3. The highest BCUT2D eigenvalue weighted by molar-refractivity contribution is 5.88. The third kappa shape index (κ3) is 1.67. The van der Waals surface area contributed by atoms with Crippen LogP contribution in [0.2, 0.25) is 0 Å². The minimum atomic E-state index is -0.635. The summed E-state index contributed by atoms with van der Waals surface area (Å²) in [7, 11) is 0. The van der Waals surface area contributed by atoms with Crippen LogP contribution in [-0.2, 0) is 11.3 Å². The van der Waals surface area contributed by atoms with Crippen LogP contribution in [0.1, 0.15) is 18.7 Å². The number of hydrogen-bond donors (Lipinski definition) is 2. The number of amides is 1. The normalized spacial score (nSPS) is 18.2. The number of nitrogens with zero attached hydrogens (tertiary/aromatic N) is 2. The molecule has 1 amide bonds. The zero-order chi connectivity index (χ0) is 9.31. The van der Waals surface area contributed by atoms with Crippen LogP contribution in [0.4, 0.5) is 0 Å². The van der Waals surface area contributed by atoms with Gasteiger partial charge in [-0.15, -0.1) is 0 Å². The van der Waals surface area contributed by atoms with Gasteiger partial charge in [-0.1, -0.05) is 5.16 Å². The molecule has 1 saturated carbocycles. The molecular weight excluding hydrogens is 172 g/mol. The second-order valence-electron chi connectivity index (χ2n) is 3.19. The Kier molecular flexibility index (Phi) is 1.77. The summed E-state index contributed by atoms with van der Waals surface area (Å²) in [6.45, 7) is 0.272. The van der Waals surface area contributed by atoms with Gasteiger partial charge in [0.15, 0.2) is 5.82 Å². The maximum atomic E-state index is 11.3. The molecule has 0 saturated heterocycles. The Morgan fingerprint density at radius 1 is 1.77 bits per heavy atom. The van der Waals surface area contributed by atoms with Gasteiger partial charge in [0, 0.05) is 0 Å². The summed E-state index contributed by atoms with van der Waals surface area (Å²) < 4.78 is 4.50. The highest BCUT2D eigenvalue weighted by atomic mass is 16.5. The van der Waals surface area contributed by atoms with Crippen molar-refractivity contribution in [3.05, 3.63) is 12.2 Å². The zero-order valence-corrected chi connectivity index (χ0v) is 6.99. The van der Waals surface area contributed by atoms with E-state index in [2.05, 4.69) is 20.0 Å². The predicted molar refractivity (Wildman–Crippen MR) is 42.3 cm³/mol. The summed E-state index contributed by atoms with van der Waals surface area (Å²) in [5, 5.41) is 6.19. The molecule has 0 aromatic carbocycles. The van der Waals surface area contributed by atoms with Crippen LogP contribution in [0.3, 0.4) is 0 Å². The van der Waals surface area contributed by atoms with Crippen molar-refractivity contribution in [2.45, 2.75) is 24.9 Å². The molecule has 0 unspecified atom stereocenters. The molecular formula is C7H10N4O2. The van der Waals surface area contributed by atoms with Gasteiger partial charge in [-0.2, -0.15) is 4.98 Å². The Morgan fingerprint density at radius 3 is 3.08 bits per heavy atom. The summed E-state index contributed by atoms with van der Waals surface area (Å²) in [4.78, 5) is 15.1. The molecule has 70 valence electrons. The van der Waals surface area contributed by atoms with Crippen molar-refractivity contribution in [2.24, 2.45) is 5.73 Å². The Hall–Kier alpha value is -1.43. The highest BCUT2D eigenvalue weighted by Gasteiger charge is 2.45. The molecule has 1 aromatic heterocycles. The summed E-state index contributed by atoms with van der Waals surface area (Å²) >= 11 is 0. The van der Waals surface area contributed by atoms with Crippen molar-refractivity contribution in [2.75, 3.05) is 0 Å². The molecule has 1 aliphatic rings. The number of rotatable bonds is 3. The first-order valence-electron chi connectivity index (χ1n) is 4.03. The summed E-state index contributed by atoms with van der Waals surface area (Å²) in [5.74, 6) is 0.315. The molecule has 0 radical (unpaired) electrons.